The van der Waals surface area contributed by atoms with E-state index in [4.69, 9.17) is 5.73 Å². The Morgan fingerprint density at radius 2 is 2.20 bits per heavy atom. The van der Waals surface area contributed by atoms with Gasteiger partial charge in [-0.25, -0.2) is 14.6 Å². The van der Waals surface area contributed by atoms with Crippen LogP contribution in [0.5, 0.6) is 0 Å². The number of primary amides is 1. The van der Waals surface area contributed by atoms with Gasteiger partial charge in [0, 0.05) is 19.5 Å². The number of urea groups is 1. The fourth-order valence-corrected chi connectivity index (χ4v) is 2.18. The molecular formula is C13H16N4O3. The number of aryl methyl sites for hydroxylation is 1. The number of rotatable bonds is 5. The number of benzene rings is 1. The van der Waals surface area contributed by atoms with Gasteiger partial charge in [0.1, 0.15) is 11.3 Å². The molecule has 0 atom stereocenters. The molecule has 7 heteroatoms. The highest BCUT2D eigenvalue weighted by molar-refractivity contribution is 6.01. The summed E-state index contributed by atoms with van der Waals surface area (Å²) >= 11 is 0. The first kappa shape index (κ1) is 13.9. The second kappa shape index (κ2) is 5.60. The number of aromatic carboxylic acids is 1. The van der Waals surface area contributed by atoms with E-state index in [1.807, 2.05) is 17.6 Å². The van der Waals surface area contributed by atoms with Crippen molar-refractivity contribution in [3.05, 3.63) is 29.6 Å². The number of carboxylic acid groups (broad SMARTS) is 1. The molecule has 7 nitrogen and oxygen atoms in total. The quantitative estimate of drug-likeness (QED) is 0.755. The molecule has 2 rings (SSSR count). The van der Waals surface area contributed by atoms with Gasteiger partial charge in [-0.05, 0) is 12.1 Å². The van der Waals surface area contributed by atoms with Gasteiger partial charge in [0.15, 0.2) is 0 Å². The summed E-state index contributed by atoms with van der Waals surface area (Å²) in [7, 11) is 0. The average molecular weight is 276 g/mol. The number of amides is 2. The Morgan fingerprint density at radius 3 is 2.80 bits per heavy atom. The standard InChI is InChI=1S/C13H16N4O3/c1-2-10-16-11-8(12(18)19)4-3-5-9(11)17(10)7-6-15-13(14)20/h3-5H,2,6-7H2,1H3,(H,18,19)(H3,14,15,20). The molecule has 0 fully saturated rings. The highest BCUT2D eigenvalue weighted by atomic mass is 16.4. The summed E-state index contributed by atoms with van der Waals surface area (Å²) in [5.41, 5.74) is 6.42. The van der Waals surface area contributed by atoms with Crippen LogP contribution in [0.2, 0.25) is 0 Å². The molecule has 2 aromatic rings. The van der Waals surface area contributed by atoms with Crippen molar-refractivity contribution in [1.82, 2.24) is 14.9 Å². The van der Waals surface area contributed by atoms with Crippen LogP contribution in [-0.4, -0.2) is 33.2 Å². The lowest BCUT2D eigenvalue weighted by atomic mass is 10.2. The molecule has 106 valence electrons. The number of fused-ring (bicyclic) bond motifs is 1. The smallest absolute Gasteiger partial charge is 0.337 e. The molecular weight excluding hydrogens is 260 g/mol. The van der Waals surface area contributed by atoms with Gasteiger partial charge in [0.05, 0.1) is 11.1 Å². The number of nitrogens with one attached hydrogen (secondary N) is 1. The largest absolute Gasteiger partial charge is 0.478 e. The Balaban J connectivity index is 2.44. The molecule has 0 unspecified atom stereocenters. The lowest BCUT2D eigenvalue weighted by molar-refractivity contribution is 0.0699. The predicted molar refractivity (Wildman–Crippen MR) is 73.7 cm³/mol. The van der Waals surface area contributed by atoms with Gasteiger partial charge in [0.25, 0.3) is 0 Å². The van der Waals surface area contributed by atoms with Crippen molar-refractivity contribution in [3.8, 4) is 0 Å². The van der Waals surface area contributed by atoms with Gasteiger partial charge >= 0.3 is 12.0 Å². The first-order chi connectivity index (χ1) is 9.54. The van der Waals surface area contributed by atoms with Crippen LogP contribution in [0.15, 0.2) is 18.2 Å². The summed E-state index contributed by atoms with van der Waals surface area (Å²) < 4.78 is 1.90. The molecule has 0 radical (unpaired) electrons. The fraction of sp³-hybridized carbons (Fsp3) is 0.308. The topological polar surface area (TPSA) is 110 Å². The second-order valence-electron chi connectivity index (χ2n) is 4.30. The number of hydrogen-bond acceptors (Lipinski definition) is 3. The number of imidazole rings is 1. The van der Waals surface area contributed by atoms with Crippen LogP contribution in [0.1, 0.15) is 23.1 Å². The third kappa shape index (κ3) is 2.56. The lowest BCUT2D eigenvalue weighted by Gasteiger charge is -2.08. The summed E-state index contributed by atoms with van der Waals surface area (Å²) in [4.78, 5) is 26.3. The fourth-order valence-electron chi connectivity index (χ4n) is 2.18. The predicted octanol–water partition coefficient (Wildman–Crippen LogP) is 0.965. The van der Waals surface area contributed by atoms with E-state index in [1.165, 1.54) is 6.07 Å². The molecule has 0 aliphatic carbocycles. The Morgan fingerprint density at radius 1 is 1.45 bits per heavy atom. The molecule has 2 amide bonds. The van der Waals surface area contributed by atoms with Crippen LogP contribution in [0.25, 0.3) is 11.0 Å². The highest BCUT2D eigenvalue weighted by Crippen LogP contribution is 2.20. The molecule has 0 saturated heterocycles. The van der Waals surface area contributed by atoms with Crippen LogP contribution in [-0.2, 0) is 13.0 Å². The zero-order chi connectivity index (χ0) is 14.7. The number of carbonyl (C=O) groups is 2. The van der Waals surface area contributed by atoms with E-state index in [2.05, 4.69) is 10.3 Å². The Kier molecular flexibility index (Phi) is 3.88. The Bertz CT molecular complexity index is 663. The number of aromatic nitrogens is 2. The van der Waals surface area contributed by atoms with Gasteiger partial charge in [-0.2, -0.15) is 0 Å². The van der Waals surface area contributed by atoms with E-state index >= 15 is 0 Å². The van der Waals surface area contributed by atoms with Crippen LogP contribution in [0.3, 0.4) is 0 Å². The number of hydrogen-bond donors (Lipinski definition) is 3. The summed E-state index contributed by atoms with van der Waals surface area (Å²) in [6.07, 6.45) is 0.671. The van der Waals surface area contributed by atoms with E-state index < -0.39 is 12.0 Å². The minimum absolute atomic E-state index is 0.179. The summed E-state index contributed by atoms with van der Waals surface area (Å²) in [6.45, 7) is 2.80. The molecule has 0 saturated carbocycles. The maximum absolute atomic E-state index is 11.2. The summed E-state index contributed by atoms with van der Waals surface area (Å²) in [5, 5.41) is 11.7. The molecule has 0 aliphatic rings. The summed E-state index contributed by atoms with van der Waals surface area (Å²) in [5.74, 6) is -0.224. The molecule has 1 aromatic carbocycles. The van der Waals surface area contributed by atoms with Gasteiger partial charge in [-0.15, -0.1) is 0 Å². The number of para-hydroxylation sites is 1. The van der Waals surface area contributed by atoms with Crippen molar-refractivity contribution in [2.75, 3.05) is 6.54 Å². The lowest BCUT2D eigenvalue weighted by Crippen LogP contribution is -2.32. The van der Waals surface area contributed by atoms with Crippen molar-refractivity contribution in [1.29, 1.82) is 0 Å². The van der Waals surface area contributed by atoms with E-state index in [9.17, 15) is 14.7 Å². The first-order valence-electron chi connectivity index (χ1n) is 6.29. The first-order valence-corrected chi connectivity index (χ1v) is 6.29. The summed E-state index contributed by atoms with van der Waals surface area (Å²) in [6, 6.07) is 4.45. The average Bonchev–Trinajstić information content (AvgIpc) is 2.76. The molecule has 1 aromatic heterocycles. The van der Waals surface area contributed by atoms with Gasteiger partial charge in [-0.3, -0.25) is 0 Å². The molecule has 1 heterocycles. The van der Waals surface area contributed by atoms with Crippen molar-refractivity contribution in [2.24, 2.45) is 5.73 Å². The van der Waals surface area contributed by atoms with Gasteiger partial charge in [0.2, 0.25) is 0 Å². The molecule has 4 N–H and O–H groups in total. The van der Waals surface area contributed by atoms with E-state index in [1.54, 1.807) is 6.07 Å². The maximum atomic E-state index is 11.2. The highest BCUT2D eigenvalue weighted by Gasteiger charge is 2.15. The third-order valence-corrected chi connectivity index (χ3v) is 3.04. The van der Waals surface area contributed by atoms with E-state index in [-0.39, 0.29) is 5.56 Å². The molecule has 20 heavy (non-hydrogen) atoms. The van der Waals surface area contributed by atoms with Crippen molar-refractivity contribution < 1.29 is 14.7 Å². The van der Waals surface area contributed by atoms with Crippen LogP contribution >= 0.6 is 0 Å². The van der Waals surface area contributed by atoms with Gasteiger partial charge in [-0.1, -0.05) is 13.0 Å². The number of nitrogens with two attached hydrogens (primary N) is 1. The molecule has 0 aliphatic heterocycles. The Labute approximate surface area is 115 Å². The minimum Gasteiger partial charge on any atom is -0.478 e. The number of carbonyl (C=O) groups excluding carboxylic acids is 1. The van der Waals surface area contributed by atoms with Gasteiger partial charge < -0.3 is 20.7 Å². The van der Waals surface area contributed by atoms with Crippen molar-refractivity contribution in [2.45, 2.75) is 19.9 Å². The van der Waals surface area contributed by atoms with Crippen LogP contribution in [0, 0.1) is 0 Å². The SMILES string of the molecule is CCc1nc2c(C(=O)O)cccc2n1CCNC(N)=O. The monoisotopic (exact) mass is 276 g/mol. The van der Waals surface area contributed by atoms with Crippen molar-refractivity contribution in [3.63, 3.8) is 0 Å². The normalized spacial score (nSPS) is 10.7. The number of carboxylic acids is 1. The Hall–Kier alpha value is -2.57. The third-order valence-electron chi connectivity index (χ3n) is 3.04. The zero-order valence-corrected chi connectivity index (χ0v) is 11.1. The molecule has 0 spiro atoms. The number of nitrogens with zero attached hydrogens (tertiary/aromatic N) is 2. The molecule has 0 bridgehead atoms. The van der Waals surface area contributed by atoms with Crippen molar-refractivity contribution >= 4 is 23.0 Å². The van der Waals surface area contributed by atoms with E-state index in [0.717, 1.165) is 11.3 Å². The van der Waals surface area contributed by atoms with Crippen LogP contribution in [0.4, 0.5) is 4.79 Å². The second-order valence-corrected chi connectivity index (χ2v) is 4.30. The zero-order valence-electron chi connectivity index (χ0n) is 11.1. The van der Waals surface area contributed by atoms with E-state index in [0.29, 0.717) is 25.0 Å². The minimum atomic E-state index is -1.00. The maximum Gasteiger partial charge on any atom is 0.337 e. The van der Waals surface area contributed by atoms with Crippen LogP contribution < -0.4 is 11.1 Å².